The molecule has 0 bridgehead atoms. The largest absolute Gasteiger partial charge is 0.496 e. The standard InChI is InChI=1S/C18H12FN5O3S2/c1-26-14-5-3-2-4-10(14)13(8-20)24-12-6-11(19)16(7-15(12)27-18(24)25)28-23-17-21-9-22-29-17/h2-7,9,13H,1H3,(H,21,22,23). The predicted octanol–water partition coefficient (Wildman–Crippen LogP) is 3.83. The van der Waals surface area contributed by atoms with Gasteiger partial charge in [-0.2, -0.15) is 9.64 Å². The lowest BCUT2D eigenvalue weighted by atomic mass is 10.1. The summed E-state index contributed by atoms with van der Waals surface area (Å²) in [6.07, 6.45) is 1.38. The average Bonchev–Trinajstić information content (AvgIpc) is 3.35. The quantitative estimate of drug-likeness (QED) is 0.461. The molecule has 2 heterocycles. The van der Waals surface area contributed by atoms with Crippen molar-refractivity contribution in [3.63, 3.8) is 0 Å². The first-order valence-electron chi connectivity index (χ1n) is 8.19. The Hall–Kier alpha value is -3.36. The Bertz CT molecular complexity index is 1260. The molecule has 2 aromatic carbocycles. The van der Waals surface area contributed by atoms with Crippen molar-refractivity contribution in [2.45, 2.75) is 10.9 Å². The summed E-state index contributed by atoms with van der Waals surface area (Å²) in [6.45, 7) is 0. The van der Waals surface area contributed by atoms with Crippen LogP contribution in [0.5, 0.6) is 5.75 Å². The van der Waals surface area contributed by atoms with E-state index in [1.54, 1.807) is 24.3 Å². The van der Waals surface area contributed by atoms with Crippen LogP contribution in [0.4, 0.5) is 9.52 Å². The molecule has 0 aliphatic rings. The maximum Gasteiger partial charge on any atom is 0.421 e. The molecule has 29 heavy (non-hydrogen) atoms. The molecule has 0 spiro atoms. The summed E-state index contributed by atoms with van der Waals surface area (Å²) in [7, 11) is 1.47. The zero-order chi connectivity index (χ0) is 20.4. The maximum atomic E-state index is 14.7. The molecule has 4 rings (SSSR count). The third kappa shape index (κ3) is 3.55. The molecular formula is C18H12FN5O3S2. The molecule has 8 nitrogen and oxygen atoms in total. The molecule has 1 unspecified atom stereocenters. The number of methoxy groups -OCH3 is 1. The minimum Gasteiger partial charge on any atom is -0.496 e. The Morgan fingerprint density at radius 3 is 2.97 bits per heavy atom. The number of nitrogens with one attached hydrogen (secondary N) is 1. The Balaban J connectivity index is 1.77. The lowest BCUT2D eigenvalue weighted by Gasteiger charge is -2.14. The minimum atomic E-state index is -1.04. The number of nitriles is 1. The molecule has 0 saturated heterocycles. The van der Waals surface area contributed by atoms with Crippen LogP contribution in [0.15, 0.2) is 56.8 Å². The number of fused-ring (bicyclic) bond motifs is 1. The molecule has 2 aromatic heterocycles. The van der Waals surface area contributed by atoms with Gasteiger partial charge in [-0.3, -0.25) is 4.57 Å². The molecular weight excluding hydrogens is 417 g/mol. The number of anilines is 1. The number of aromatic nitrogens is 3. The van der Waals surface area contributed by atoms with Crippen LogP contribution in [-0.2, 0) is 0 Å². The van der Waals surface area contributed by atoms with Gasteiger partial charge >= 0.3 is 5.76 Å². The van der Waals surface area contributed by atoms with Gasteiger partial charge in [0.2, 0.25) is 5.13 Å². The van der Waals surface area contributed by atoms with Gasteiger partial charge in [0.1, 0.15) is 17.9 Å². The van der Waals surface area contributed by atoms with Crippen molar-refractivity contribution in [1.29, 1.82) is 5.26 Å². The summed E-state index contributed by atoms with van der Waals surface area (Å²) >= 11 is 2.10. The number of hydrogen-bond acceptors (Lipinski definition) is 9. The van der Waals surface area contributed by atoms with Gasteiger partial charge in [-0.15, -0.1) is 0 Å². The van der Waals surface area contributed by atoms with Gasteiger partial charge in [0.25, 0.3) is 0 Å². The van der Waals surface area contributed by atoms with Gasteiger partial charge in [-0.25, -0.2) is 14.2 Å². The average molecular weight is 429 g/mol. The third-order valence-corrected chi connectivity index (χ3v) is 5.63. The topological polar surface area (TPSA) is 106 Å². The first kappa shape index (κ1) is 19.0. The first-order valence-corrected chi connectivity index (χ1v) is 9.78. The van der Waals surface area contributed by atoms with Crippen molar-refractivity contribution in [3.8, 4) is 11.8 Å². The highest BCUT2D eigenvalue weighted by molar-refractivity contribution is 8.00. The number of nitrogens with zero attached hydrogens (tertiary/aromatic N) is 4. The highest BCUT2D eigenvalue weighted by atomic mass is 32.2. The van der Waals surface area contributed by atoms with Crippen molar-refractivity contribution in [3.05, 3.63) is 64.7 Å². The summed E-state index contributed by atoms with van der Waals surface area (Å²) in [4.78, 5) is 16.7. The van der Waals surface area contributed by atoms with E-state index in [-0.39, 0.29) is 16.0 Å². The second-order valence-corrected chi connectivity index (χ2v) is 7.34. The van der Waals surface area contributed by atoms with E-state index in [9.17, 15) is 14.4 Å². The molecule has 0 amide bonds. The monoisotopic (exact) mass is 429 g/mol. The Morgan fingerprint density at radius 2 is 2.24 bits per heavy atom. The van der Waals surface area contributed by atoms with Gasteiger partial charge in [-0.1, -0.05) is 18.2 Å². The van der Waals surface area contributed by atoms with Crippen molar-refractivity contribution in [1.82, 2.24) is 13.9 Å². The van der Waals surface area contributed by atoms with Gasteiger partial charge in [0, 0.05) is 29.2 Å². The zero-order valence-electron chi connectivity index (χ0n) is 14.8. The smallest absolute Gasteiger partial charge is 0.421 e. The van der Waals surface area contributed by atoms with E-state index >= 15 is 0 Å². The minimum absolute atomic E-state index is 0.160. The van der Waals surface area contributed by atoms with Crippen molar-refractivity contribution >= 4 is 39.7 Å². The van der Waals surface area contributed by atoms with E-state index in [1.165, 1.54) is 25.6 Å². The normalized spacial score (nSPS) is 11.9. The van der Waals surface area contributed by atoms with Crippen molar-refractivity contribution in [2.24, 2.45) is 0 Å². The number of benzene rings is 2. The highest BCUT2D eigenvalue weighted by Gasteiger charge is 2.24. The van der Waals surface area contributed by atoms with E-state index in [0.29, 0.717) is 16.4 Å². The van der Waals surface area contributed by atoms with Crippen LogP contribution in [0.3, 0.4) is 0 Å². The lowest BCUT2D eigenvalue weighted by molar-refractivity contribution is 0.404. The van der Waals surface area contributed by atoms with E-state index < -0.39 is 17.6 Å². The molecule has 11 heteroatoms. The summed E-state index contributed by atoms with van der Waals surface area (Å²) in [5.74, 6) is -0.906. The summed E-state index contributed by atoms with van der Waals surface area (Å²) in [5, 5.41) is 10.3. The van der Waals surface area contributed by atoms with E-state index in [1.807, 2.05) is 0 Å². The molecule has 0 aliphatic heterocycles. The van der Waals surface area contributed by atoms with Crippen molar-refractivity contribution in [2.75, 3.05) is 11.8 Å². The fourth-order valence-electron chi connectivity index (χ4n) is 2.83. The number of para-hydroxylation sites is 1. The lowest BCUT2D eigenvalue weighted by Crippen LogP contribution is -2.21. The fraction of sp³-hybridized carbons (Fsp3) is 0.111. The Kier molecular flexibility index (Phi) is 5.20. The molecule has 1 atom stereocenters. The van der Waals surface area contributed by atoms with Crippen LogP contribution in [0.25, 0.3) is 11.1 Å². The first-order chi connectivity index (χ1) is 14.1. The van der Waals surface area contributed by atoms with Crippen LogP contribution in [0.2, 0.25) is 0 Å². The number of halogens is 1. The van der Waals surface area contributed by atoms with Crippen LogP contribution < -0.4 is 15.2 Å². The number of oxazole rings is 1. The van der Waals surface area contributed by atoms with Gasteiger partial charge in [0.15, 0.2) is 11.6 Å². The van der Waals surface area contributed by atoms with Gasteiger partial charge in [-0.05, 0) is 18.0 Å². The highest BCUT2D eigenvalue weighted by Crippen LogP contribution is 2.32. The molecule has 0 fully saturated rings. The summed E-state index contributed by atoms with van der Waals surface area (Å²) < 4.78 is 33.1. The van der Waals surface area contributed by atoms with E-state index in [2.05, 4.69) is 20.1 Å². The molecule has 4 aromatic rings. The SMILES string of the molecule is COc1ccccc1C(C#N)n1c(=O)oc2cc(SNc3ncns3)c(F)cc21. The molecule has 0 aliphatic carbocycles. The molecule has 0 saturated carbocycles. The summed E-state index contributed by atoms with van der Waals surface area (Å²) in [6, 6.07) is 10.4. The van der Waals surface area contributed by atoms with Crippen LogP contribution in [0.1, 0.15) is 11.6 Å². The van der Waals surface area contributed by atoms with E-state index in [4.69, 9.17) is 9.15 Å². The number of ether oxygens (including phenoxy) is 1. The molecule has 146 valence electrons. The van der Waals surface area contributed by atoms with Crippen LogP contribution in [-0.4, -0.2) is 21.0 Å². The number of rotatable bonds is 6. The third-order valence-electron chi connectivity index (χ3n) is 4.09. The molecule has 1 N–H and O–H groups in total. The van der Waals surface area contributed by atoms with Crippen LogP contribution in [0, 0.1) is 17.1 Å². The maximum absolute atomic E-state index is 14.7. The number of hydrogen-bond donors (Lipinski definition) is 1. The van der Waals surface area contributed by atoms with Gasteiger partial charge in [0.05, 0.1) is 23.6 Å². The molecule has 0 radical (unpaired) electrons. The fourth-order valence-corrected chi connectivity index (χ4v) is 3.97. The second kappa shape index (κ2) is 7.94. The predicted molar refractivity (Wildman–Crippen MR) is 107 cm³/mol. The van der Waals surface area contributed by atoms with Crippen molar-refractivity contribution < 1.29 is 13.5 Å². The van der Waals surface area contributed by atoms with Gasteiger partial charge < -0.3 is 13.9 Å². The Labute approximate surface area is 171 Å². The zero-order valence-corrected chi connectivity index (χ0v) is 16.5. The Morgan fingerprint density at radius 1 is 1.41 bits per heavy atom. The summed E-state index contributed by atoms with van der Waals surface area (Å²) in [5.41, 5.74) is 0.803. The van der Waals surface area contributed by atoms with E-state index in [0.717, 1.165) is 28.0 Å². The van der Waals surface area contributed by atoms with Crippen LogP contribution >= 0.6 is 23.5 Å². The second-order valence-electron chi connectivity index (χ2n) is 5.71.